The van der Waals surface area contributed by atoms with Crippen molar-refractivity contribution in [1.29, 1.82) is 0 Å². The van der Waals surface area contributed by atoms with Gasteiger partial charge in [0, 0.05) is 24.2 Å². The van der Waals surface area contributed by atoms with Gasteiger partial charge in [0.25, 0.3) is 0 Å². The lowest BCUT2D eigenvalue weighted by Gasteiger charge is -2.28. The Morgan fingerprint density at radius 2 is 2.11 bits per heavy atom. The van der Waals surface area contributed by atoms with Crippen molar-refractivity contribution in [3.8, 4) is 0 Å². The minimum atomic E-state index is -0.869. The molecule has 19 heavy (non-hydrogen) atoms. The number of aromatic nitrogens is 2. The molecular formula is C13H21N3O2S. The molecule has 0 bridgehead atoms. The van der Waals surface area contributed by atoms with Gasteiger partial charge in [-0.05, 0) is 39.7 Å². The maximum absolute atomic E-state index is 11.3. The smallest absolute Gasteiger partial charge is 0.323 e. The van der Waals surface area contributed by atoms with Crippen LogP contribution in [0, 0.1) is 0 Å². The molecule has 1 aromatic heterocycles. The van der Waals surface area contributed by atoms with Crippen LogP contribution < -0.4 is 5.32 Å². The molecule has 0 fully saturated rings. The summed E-state index contributed by atoms with van der Waals surface area (Å²) in [7, 11) is 0. The van der Waals surface area contributed by atoms with E-state index in [4.69, 9.17) is 0 Å². The first-order chi connectivity index (χ1) is 8.94. The van der Waals surface area contributed by atoms with Crippen molar-refractivity contribution in [2.75, 3.05) is 5.75 Å². The van der Waals surface area contributed by atoms with Gasteiger partial charge >= 0.3 is 5.97 Å². The average molecular weight is 283 g/mol. The largest absolute Gasteiger partial charge is 0.480 e. The molecule has 1 unspecified atom stereocenters. The lowest BCUT2D eigenvalue weighted by molar-refractivity contribution is -0.144. The molecule has 0 aliphatic heterocycles. The molecule has 1 atom stereocenters. The van der Waals surface area contributed by atoms with Gasteiger partial charge in [-0.3, -0.25) is 10.1 Å². The van der Waals surface area contributed by atoms with E-state index in [0.29, 0.717) is 6.42 Å². The van der Waals surface area contributed by atoms with E-state index in [-0.39, 0.29) is 6.04 Å². The number of hydrogen-bond acceptors (Lipinski definition) is 5. The Bertz CT molecular complexity index is 400. The summed E-state index contributed by atoms with van der Waals surface area (Å²) in [6, 6.07) is 1.92. The molecule has 6 heteroatoms. The molecule has 2 N–H and O–H groups in total. The van der Waals surface area contributed by atoms with Gasteiger partial charge in [-0.1, -0.05) is 11.8 Å². The number of carboxylic acid groups (broad SMARTS) is 1. The summed E-state index contributed by atoms with van der Waals surface area (Å²) in [6.45, 7) is 5.64. The third-order valence-corrected chi connectivity index (χ3v) is 3.64. The van der Waals surface area contributed by atoms with Crippen molar-refractivity contribution in [1.82, 2.24) is 15.3 Å². The summed E-state index contributed by atoms with van der Waals surface area (Å²) < 4.78 is 0. The molecule has 0 aliphatic carbocycles. The molecule has 1 heterocycles. The molecular weight excluding hydrogens is 262 g/mol. The number of nitrogens with zero attached hydrogens (tertiary/aromatic N) is 2. The number of carboxylic acids is 1. The zero-order valence-electron chi connectivity index (χ0n) is 11.6. The van der Waals surface area contributed by atoms with Gasteiger partial charge < -0.3 is 5.11 Å². The number of nitrogens with one attached hydrogen (secondary N) is 1. The third-order valence-electron chi connectivity index (χ3n) is 2.67. The lowest BCUT2D eigenvalue weighted by atomic mass is 9.95. The van der Waals surface area contributed by atoms with Gasteiger partial charge in [-0.25, -0.2) is 9.97 Å². The fourth-order valence-electron chi connectivity index (χ4n) is 1.83. The molecule has 0 amide bonds. The van der Waals surface area contributed by atoms with E-state index in [0.717, 1.165) is 17.3 Å². The zero-order chi connectivity index (χ0) is 14.3. The molecule has 1 rings (SSSR count). The Hall–Kier alpha value is -1.14. The standard InChI is InChI=1S/C13H21N3O2S/c1-10(2)16-13(3,11(17)18)6-4-9-19-12-14-7-5-8-15-12/h5,7-8,10,16H,4,6,9H2,1-3H3,(H,17,18). The van der Waals surface area contributed by atoms with Gasteiger partial charge in [-0.2, -0.15) is 0 Å². The molecule has 0 aromatic carbocycles. The Morgan fingerprint density at radius 3 is 2.63 bits per heavy atom. The average Bonchev–Trinajstić information content (AvgIpc) is 2.35. The topological polar surface area (TPSA) is 75.1 Å². The molecule has 5 nitrogen and oxygen atoms in total. The Kier molecular flexibility index (Phi) is 6.24. The van der Waals surface area contributed by atoms with Crippen molar-refractivity contribution in [3.63, 3.8) is 0 Å². The molecule has 0 saturated heterocycles. The molecule has 1 aromatic rings. The van der Waals surface area contributed by atoms with Gasteiger partial charge in [-0.15, -0.1) is 0 Å². The molecule has 0 saturated carbocycles. The summed E-state index contributed by atoms with van der Waals surface area (Å²) in [4.78, 5) is 19.6. The highest BCUT2D eigenvalue weighted by atomic mass is 32.2. The lowest BCUT2D eigenvalue weighted by Crippen LogP contribution is -2.52. The van der Waals surface area contributed by atoms with E-state index in [1.165, 1.54) is 0 Å². The maximum Gasteiger partial charge on any atom is 0.323 e. The first-order valence-electron chi connectivity index (χ1n) is 6.35. The van der Waals surface area contributed by atoms with E-state index in [9.17, 15) is 9.90 Å². The number of rotatable bonds is 8. The molecule has 106 valence electrons. The third kappa shape index (κ3) is 5.57. The first kappa shape index (κ1) is 15.9. The van der Waals surface area contributed by atoms with E-state index in [1.807, 2.05) is 13.8 Å². The Morgan fingerprint density at radius 1 is 1.47 bits per heavy atom. The Balaban J connectivity index is 2.39. The summed E-state index contributed by atoms with van der Waals surface area (Å²) in [5.41, 5.74) is -0.869. The van der Waals surface area contributed by atoms with Crippen LogP contribution in [-0.4, -0.2) is 38.4 Å². The van der Waals surface area contributed by atoms with Crippen LogP contribution in [0.3, 0.4) is 0 Å². The fraction of sp³-hybridized carbons (Fsp3) is 0.615. The molecule has 0 aliphatic rings. The monoisotopic (exact) mass is 283 g/mol. The van der Waals surface area contributed by atoms with E-state index in [2.05, 4.69) is 15.3 Å². The maximum atomic E-state index is 11.3. The summed E-state index contributed by atoms with van der Waals surface area (Å²) in [5, 5.41) is 13.2. The van der Waals surface area contributed by atoms with Crippen LogP contribution in [0.2, 0.25) is 0 Å². The van der Waals surface area contributed by atoms with Crippen LogP contribution >= 0.6 is 11.8 Å². The second-order valence-corrected chi connectivity index (χ2v) is 5.98. The summed E-state index contributed by atoms with van der Waals surface area (Å²) in [6.07, 6.45) is 4.79. The predicted octanol–water partition coefficient (Wildman–Crippen LogP) is 2.19. The highest BCUT2D eigenvalue weighted by molar-refractivity contribution is 7.99. The SMILES string of the molecule is CC(C)NC(C)(CCCSc1ncccn1)C(=O)O. The first-order valence-corrected chi connectivity index (χ1v) is 7.33. The number of hydrogen-bond donors (Lipinski definition) is 2. The second-order valence-electron chi connectivity index (χ2n) is 4.92. The van der Waals surface area contributed by atoms with Crippen molar-refractivity contribution in [2.45, 2.75) is 50.4 Å². The second kappa shape index (κ2) is 7.45. The Labute approximate surface area is 118 Å². The molecule has 0 spiro atoms. The van der Waals surface area contributed by atoms with Crippen LogP contribution in [-0.2, 0) is 4.79 Å². The number of thioether (sulfide) groups is 1. The number of carbonyl (C=O) groups is 1. The van der Waals surface area contributed by atoms with Crippen molar-refractivity contribution in [3.05, 3.63) is 18.5 Å². The summed E-state index contributed by atoms with van der Waals surface area (Å²) in [5.74, 6) is 0.00861. The highest BCUT2D eigenvalue weighted by Crippen LogP contribution is 2.19. The van der Waals surface area contributed by atoms with Crippen molar-refractivity contribution >= 4 is 17.7 Å². The van der Waals surface area contributed by atoms with Crippen molar-refractivity contribution < 1.29 is 9.90 Å². The summed E-state index contributed by atoms with van der Waals surface area (Å²) >= 11 is 1.55. The van der Waals surface area contributed by atoms with E-state index >= 15 is 0 Å². The van der Waals surface area contributed by atoms with E-state index < -0.39 is 11.5 Å². The van der Waals surface area contributed by atoms with Crippen LogP contribution in [0.4, 0.5) is 0 Å². The minimum absolute atomic E-state index is 0.145. The van der Waals surface area contributed by atoms with Gasteiger partial charge in [0.15, 0.2) is 5.16 Å². The van der Waals surface area contributed by atoms with Gasteiger partial charge in [0.2, 0.25) is 0 Å². The van der Waals surface area contributed by atoms with Crippen LogP contribution in [0.15, 0.2) is 23.6 Å². The fourth-order valence-corrected chi connectivity index (χ4v) is 2.57. The van der Waals surface area contributed by atoms with Crippen LogP contribution in [0.5, 0.6) is 0 Å². The highest BCUT2D eigenvalue weighted by Gasteiger charge is 2.32. The van der Waals surface area contributed by atoms with Crippen LogP contribution in [0.25, 0.3) is 0 Å². The quantitative estimate of drug-likeness (QED) is 0.433. The zero-order valence-corrected chi connectivity index (χ0v) is 12.4. The normalized spacial score (nSPS) is 14.3. The van der Waals surface area contributed by atoms with Gasteiger partial charge in [0.1, 0.15) is 5.54 Å². The predicted molar refractivity (Wildman–Crippen MR) is 76.3 cm³/mol. The minimum Gasteiger partial charge on any atom is -0.480 e. The number of aliphatic carboxylic acids is 1. The van der Waals surface area contributed by atoms with Crippen LogP contribution in [0.1, 0.15) is 33.6 Å². The molecule has 0 radical (unpaired) electrons. The van der Waals surface area contributed by atoms with Gasteiger partial charge in [0.05, 0.1) is 0 Å². The van der Waals surface area contributed by atoms with E-state index in [1.54, 1.807) is 37.1 Å². The van der Waals surface area contributed by atoms with Crippen molar-refractivity contribution in [2.24, 2.45) is 0 Å².